The summed E-state index contributed by atoms with van der Waals surface area (Å²) in [6.07, 6.45) is 0. The summed E-state index contributed by atoms with van der Waals surface area (Å²) >= 11 is 13.8. The molecule has 0 bridgehead atoms. The normalized spacial score (nSPS) is 22.4. The molecule has 0 N–H and O–H groups in total. The van der Waals surface area contributed by atoms with Crippen LogP contribution >= 0.6 is 35.0 Å². The van der Waals surface area contributed by atoms with Crippen molar-refractivity contribution < 1.29 is 13.2 Å². The molecule has 2 aromatic rings. The number of benzene rings is 2. The molecular formula is C20H18Cl2N2O3S2. The quantitative estimate of drug-likeness (QED) is 0.619. The number of aliphatic imine (C=N–C) groups is 1. The molecule has 2 aromatic carbocycles. The van der Waals surface area contributed by atoms with E-state index in [-0.39, 0.29) is 29.4 Å². The zero-order valence-corrected chi connectivity index (χ0v) is 18.7. The molecule has 0 aliphatic carbocycles. The predicted octanol–water partition coefficient (Wildman–Crippen LogP) is 4.47. The highest BCUT2D eigenvalue weighted by Gasteiger charge is 2.47. The van der Waals surface area contributed by atoms with Gasteiger partial charge in [-0.1, -0.05) is 53.2 Å². The van der Waals surface area contributed by atoms with Crippen LogP contribution in [0.15, 0.2) is 47.5 Å². The fourth-order valence-corrected chi connectivity index (χ4v) is 7.12. The number of thioether (sulfide) groups is 1. The van der Waals surface area contributed by atoms with Gasteiger partial charge in [-0.2, -0.15) is 0 Å². The van der Waals surface area contributed by atoms with Crippen molar-refractivity contribution in [3.63, 3.8) is 0 Å². The molecule has 29 heavy (non-hydrogen) atoms. The topological polar surface area (TPSA) is 66.8 Å². The van der Waals surface area contributed by atoms with Gasteiger partial charge >= 0.3 is 0 Å². The highest BCUT2D eigenvalue weighted by Crippen LogP contribution is 2.37. The minimum Gasteiger partial charge on any atom is -0.315 e. The molecule has 0 radical (unpaired) electrons. The summed E-state index contributed by atoms with van der Waals surface area (Å²) in [5.74, 6) is 0.633. The molecule has 2 unspecified atom stereocenters. The van der Waals surface area contributed by atoms with Gasteiger partial charge in [-0.15, -0.1) is 0 Å². The van der Waals surface area contributed by atoms with Crippen LogP contribution < -0.4 is 4.90 Å². The van der Waals surface area contributed by atoms with Crippen molar-refractivity contribution in [3.05, 3.63) is 63.6 Å². The largest absolute Gasteiger partial charge is 0.315 e. The molecule has 2 aliphatic heterocycles. The summed E-state index contributed by atoms with van der Waals surface area (Å²) in [5, 5.41) is 1.89. The maximum atomic E-state index is 12.2. The van der Waals surface area contributed by atoms with Gasteiger partial charge in [0.15, 0.2) is 20.8 Å². The maximum Gasteiger partial charge on any atom is 0.164 e. The van der Waals surface area contributed by atoms with Gasteiger partial charge in [0.05, 0.1) is 23.6 Å². The number of hydrogen-bond donors (Lipinski definition) is 0. The van der Waals surface area contributed by atoms with Crippen LogP contribution in [0.1, 0.15) is 22.8 Å². The third-order valence-electron chi connectivity index (χ3n) is 5.01. The zero-order chi connectivity index (χ0) is 20.8. The number of rotatable bonds is 4. The van der Waals surface area contributed by atoms with Crippen molar-refractivity contribution in [2.75, 3.05) is 16.4 Å². The standard InChI is InChI=1S/C20H18Cl2N2O3S2/c1-12(25)13-3-2-4-16(7-13)24-19-11-29(26,27)10-18(19)23-20(24)28-9-14-5-6-15(21)8-17(14)22/h2-8,18-19H,9-11H2,1H3. The molecule has 0 saturated carbocycles. The van der Waals surface area contributed by atoms with Crippen molar-refractivity contribution in [2.24, 2.45) is 4.99 Å². The number of sulfone groups is 1. The molecule has 1 saturated heterocycles. The smallest absolute Gasteiger partial charge is 0.164 e. The van der Waals surface area contributed by atoms with Crippen LogP contribution in [0, 0.1) is 0 Å². The van der Waals surface area contributed by atoms with E-state index in [1.54, 1.807) is 30.3 Å². The van der Waals surface area contributed by atoms with Gasteiger partial charge < -0.3 is 4.90 Å². The van der Waals surface area contributed by atoms with Crippen molar-refractivity contribution in [3.8, 4) is 0 Å². The summed E-state index contributed by atoms with van der Waals surface area (Å²) in [6.45, 7) is 1.51. The predicted molar refractivity (Wildman–Crippen MR) is 120 cm³/mol. The number of carbonyl (C=O) groups is 1. The monoisotopic (exact) mass is 468 g/mol. The van der Waals surface area contributed by atoms with E-state index in [4.69, 9.17) is 28.2 Å². The molecule has 0 aromatic heterocycles. The maximum absolute atomic E-state index is 12.2. The number of fused-ring (bicyclic) bond motifs is 1. The van der Waals surface area contributed by atoms with E-state index in [0.29, 0.717) is 21.4 Å². The Hall–Kier alpha value is -1.54. The van der Waals surface area contributed by atoms with E-state index >= 15 is 0 Å². The molecule has 4 rings (SSSR count). The van der Waals surface area contributed by atoms with E-state index in [1.807, 2.05) is 17.0 Å². The number of anilines is 1. The van der Waals surface area contributed by atoms with Crippen LogP contribution in [0.25, 0.3) is 0 Å². The molecule has 9 heteroatoms. The molecule has 1 fully saturated rings. The Labute approximate surface area is 184 Å². The lowest BCUT2D eigenvalue weighted by molar-refractivity contribution is 0.101. The fourth-order valence-electron chi connectivity index (χ4n) is 3.59. The van der Waals surface area contributed by atoms with Crippen molar-refractivity contribution >= 4 is 61.4 Å². The van der Waals surface area contributed by atoms with Crippen LogP contribution in [0.3, 0.4) is 0 Å². The van der Waals surface area contributed by atoms with Gasteiger partial charge in [0.1, 0.15) is 0 Å². The summed E-state index contributed by atoms with van der Waals surface area (Å²) in [4.78, 5) is 18.5. The second-order valence-electron chi connectivity index (χ2n) is 7.12. The third-order valence-corrected chi connectivity index (χ3v) is 8.31. The number of Topliss-reactive ketones (excluding diaryl/α,β-unsaturated/α-hetero) is 1. The molecule has 152 valence electrons. The van der Waals surface area contributed by atoms with Gasteiger partial charge in [0.25, 0.3) is 0 Å². The summed E-state index contributed by atoms with van der Waals surface area (Å²) < 4.78 is 24.3. The molecule has 2 atom stereocenters. The minimum absolute atomic E-state index is 0.0410. The first-order chi connectivity index (χ1) is 13.7. The first-order valence-corrected chi connectivity index (χ1v) is 12.5. The number of amidine groups is 1. The Bertz CT molecular complexity index is 1120. The summed E-state index contributed by atoms with van der Waals surface area (Å²) in [7, 11) is -3.14. The molecule has 5 nitrogen and oxygen atoms in total. The SMILES string of the molecule is CC(=O)c1cccc(N2C(SCc3ccc(Cl)cc3Cl)=NC3CS(=O)(=O)CC32)c1. The van der Waals surface area contributed by atoms with Gasteiger partial charge in [-0.25, -0.2) is 8.42 Å². The molecule has 0 amide bonds. The van der Waals surface area contributed by atoms with Gasteiger partial charge in [0.2, 0.25) is 0 Å². The second-order valence-corrected chi connectivity index (χ2v) is 11.1. The second kappa shape index (κ2) is 7.95. The van der Waals surface area contributed by atoms with E-state index in [9.17, 15) is 13.2 Å². The molecule has 0 spiro atoms. The Balaban J connectivity index is 1.65. The van der Waals surface area contributed by atoms with Gasteiger partial charge in [-0.3, -0.25) is 9.79 Å². The van der Waals surface area contributed by atoms with Crippen LogP contribution in [0.2, 0.25) is 10.0 Å². The Kier molecular flexibility index (Phi) is 5.68. The molecule has 2 aliphatic rings. The molecular weight excluding hydrogens is 451 g/mol. The van der Waals surface area contributed by atoms with E-state index in [0.717, 1.165) is 16.4 Å². The van der Waals surface area contributed by atoms with Crippen molar-refractivity contribution in [2.45, 2.75) is 24.8 Å². The highest BCUT2D eigenvalue weighted by atomic mass is 35.5. The Morgan fingerprint density at radius 2 is 2.00 bits per heavy atom. The number of ketones is 1. The lowest BCUT2D eigenvalue weighted by Gasteiger charge is -2.27. The van der Waals surface area contributed by atoms with E-state index < -0.39 is 9.84 Å². The number of carbonyl (C=O) groups excluding carboxylic acids is 1. The van der Waals surface area contributed by atoms with Crippen LogP contribution in [-0.4, -0.2) is 43.0 Å². The minimum atomic E-state index is -3.14. The van der Waals surface area contributed by atoms with E-state index in [1.165, 1.54) is 18.7 Å². The zero-order valence-electron chi connectivity index (χ0n) is 15.5. The lowest BCUT2D eigenvalue weighted by Crippen LogP contribution is -2.39. The summed E-state index contributed by atoms with van der Waals surface area (Å²) in [6, 6.07) is 12.0. The first kappa shape index (κ1) is 20.7. The van der Waals surface area contributed by atoms with Crippen LogP contribution in [0.4, 0.5) is 5.69 Å². The lowest BCUT2D eigenvalue weighted by atomic mass is 10.1. The highest BCUT2D eigenvalue weighted by molar-refractivity contribution is 8.13. The van der Waals surface area contributed by atoms with Crippen LogP contribution in [-0.2, 0) is 15.6 Å². The van der Waals surface area contributed by atoms with Crippen molar-refractivity contribution in [1.29, 1.82) is 0 Å². The van der Waals surface area contributed by atoms with E-state index in [2.05, 4.69) is 0 Å². The number of nitrogens with zero attached hydrogens (tertiary/aromatic N) is 2. The molecule has 2 heterocycles. The first-order valence-electron chi connectivity index (χ1n) is 8.99. The average molecular weight is 469 g/mol. The van der Waals surface area contributed by atoms with Gasteiger partial charge in [-0.05, 0) is 36.8 Å². The fraction of sp³-hybridized carbons (Fsp3) is 0.300. The Morgan fingerprint density at radius 3 is 2.72 bits per heavy atom. The van der Waals surface area contributed by atoms with Gasteiger partial charge in [0, 0.05) is 27.0 Å². The third kappa shape index (κ3) is 4.33. The Morgan fingerprint density at radius 1 is 1.21 bits per heavy atom. The van der Waals surface area contributed by atoms with Crippen LogP contribution in [0.5, 0.6) is 0 Å². The number of halogens is 2. The van der Waals surface area contributed by atoms with Crippen molar-refractivity contribution in [1.82, 2.24) is 0 Å². The summed E-state index contributed by atoms with van der Waals surface area (Å²) in [5.41, 5.74) is 2.28. The number of hydrogen-bond acceptors (Lipinski definition) is 6. The average Bonchev–Trinajstić information content (AvgIpc) is 3.12.